The second-order valence-corrected chi connectivity index (χ2v) is 6.69. The largest absolute Gasteiger partial charge is 0.444 e. The zero-order chi connectivity index (χ0) is 15.6. The van der Waals surface area contributed by atoms with Crippen LogP contribution in [-0.2, 0) is 4.74 Å². The zero-order valence-corrected chi connectivity index (χ0v) is 12.7. The molecule has 2 atom stereocenters. The first-order valence-electron chi connectivity index (χ1n) is 6.98. The Labute approximate surface area is 119 Å². The lowest BCUT2D eigenvalue weighted by atomic mass is 9.82. The molecular weight excluding hydrogens is 268 g/mol. The topological polar surface area (TPSA) is 49.8 Å². The first kappa shape index (κ1) is 17.1. The van der Waals surface area contributed by atoms with Gasteiger partial charge in [-0.2, -0.15) is 0 Å². The second-order valence-electron chi connectivity index (χ2n) is 6.69. The Balaban J connectivity index is 2.61. The Kier molecular flexibility index (Phi) is 5.35. The molecule has 0 aromatic rings. The van der Waals surface area contributed by atoms with Crippen molar-refractivity contribution in [2.75, 3.05) is 19.7 Å². The molecule has 1 fully saturated rings. The number of ether oxygens (including phenoxy) is 1. The lowest BCUT2D eigenvalue weighted by molar-refractivity contribution is -0.0387. The summed E-state index contributed by atoms with van der Waals surface area (Å²) in [5, 5.41) is 9.37. The molecule has 1 aliphatic rings. The molecule has 4 nitrogen and oxygen atoms in total. The number of carbonyl (C=O) groups excluding carboxylic acids is 1. The number of rotatable bonds is 3. The Morgan fingerprint density at radius 1 is 1.30 bits per heavy atom. The Morgan fingerprint density at radius 2 is 1.90 bits per heavy atom. The third kappa shape index (κ3) is 5.61. The maximum Gasteiger partial charge on any atom is 0.410 e. The number of carbonyl (C=O) groups is 1. The Bertz CT molecular complexity index is 336. The van der Waals surface area contributed by atoms with Gasteiger partial charge in [-0.1, -0.05) is 0 Å². The first-order valence-corrected chi connectivity index (χ1v) is 6.98. The van der Waals surface area contributed by atoms with Crippen molar-refractivity contribution in [3.63, 3.8) is 0 Å². The molecule has 1 heterocycles. The van der Waals surface area contributed by atoms with Crippen LogP contribution in [0.5, 0.6) is 0 Å². The van der Waals surface area contributed by atoms with E-state index in [1.807, 2.05) is 0 Å². The minimum Gasteiger partial charge on any atom is -0.444 e. The average molecular weight is 293 g/mol. The van der Waals surface area contributed by atoms with Crippen molar-refractivity contribution in [3.05, 3.63) is 0 Å². The van der Waals surface area contributed by atoms with Crippen molar-refractivity contribution in [2.45, 2.75) is 52.1 Å². The number of aliphatic hydroxyl groups excluding tert-OH is 1. The molecule has 6 heteroatoms. The van der Waals surface area contributed by atoms with E-state index < -0.39 is 17.6 Å². The monoisotopic (exact) mass is 293 g/mol. The number of aliphatic hydroxyl groups is 1. The van der Waals surface area contributed by atoms with Gasteiger partial charge in [-0.05, 0) is 40.0 Å². The predicted octanol–water partition coefficient (Wildman–Crippen LogP) is 2.90. The highest BCUT2D eigenvalue weighted by Crippen LogP contribution is 2.33. The molecule has 0 aromatic carbocycles. The molecule has 1 aliphatic heterocycles. The molecule has 0 aromatic heterocycles. The van der Waals surface area contributed by atoms with Crippen molar-refractivity contribution in [3.8, 4) is 0 Å². The molecule has 118 valence electrons. The van der Waals surface area contributed by atoms with Crippen molar-refractivity contribution in [2.24, 2.45) is 11.8 Å². The van der Waals surface area contributed by atoms with E-state index in [2.05, 4.69) is 0 Å². The van der Waals surface area contributed by atoms with Gasteiger partial charge in [0.15, 0.2) is 0 Å². The Hall–Kier alpha value is -0.910. The van der Waals surface area contributed by atoms with Gasteiger partial charge in [0, 0.05) is 32.0 Å². The van der Waals surface area contributed by atoms with E-state index in [1.165, 1.54) is 4.90 Å². The number of likely N-dealkylation sites (tertiary alicyclic amines) is 1. The fourth-order valence-electron chi connectivity index (χ4n) is 2.51. The van der Waals surface area contributed by atoms with Gasteiger partial charge < -0.3 is 14.7 Å². The van der Waals surface area contributed by atoms with Crippen LogP contribution in [0.3, 0.4) is 0 Å². The summed E-state index contributed by atoms with van der Waals surface area (Å²) in [6.45, 7) is 6.69. The van der Waals surface area contributed by atoms with E-state index in [0.29, 0.717) is 13.0 Å². The summed E-state index contributed by atoms with van der Waals surface area (Å²) in [4.78, 5) is 13.4. The minimum absolute atomic E-state index is 0.194. The predicted molar refractivity (Wildman–Crippen MR) is 71.7 cm³/mol. The van der Waals surface area contributed by atoms with Gasteiger partial charge in [-0.15, -0.1) is 0 Å². The highest BCUT2D eigenvalue weighted by molar-refractivity contribution is 5.68. The molecule has 20 heavy (non-hydrogen) atoms. The molecule has 0 spiro atoms. The molecule has 0 aliphatic carbocycles. The highest BCUT2D eigenvalue weighted by atomic mass is 19.3. The molecule has 0 saturated carbocycles. The standard InChI is InChI=1S/C14H25F2NO3/c1-13(2,3)20-12(19)17-6-5-10(7-14(4,15)16)11(8-17)9-18/h10-11,18H,5-9H2,1-4H3. The summed E-state index contributed by atoms with van der Waals surface area (Å²) in [5.41, 5.74) is -0.584. The van der Waals surface area contributed by atoms with E-state index in [9.17, 15) is 18.7 Å². The Morgan fingerprint density at radius 3 is 2.35 bits per heavy atom. The highest BCUT2D eigenvalue weighted by Gasteiger charge is 2.37. The molecule has 2 unspecified atom stereocenters. The molecule has 0 radical (unpaired) electrons. The van der Waals surface area contributed by atoms with Crippen molar-refractivity contribution in [1.82, 2.24) is 4.90 Å². The maximum atomic E-state index is 13.1. The molecule has 0 bridgehead atoms. The van der Waals surface area contributed by atoms with Crippen molar-refractivity contribution >= 4 is 6.09 Å². The van der Waals surface area contributed by atoms with Crippen LogP contribution >= 0.6 is 0 Å². The van der Waals surface area contributed by atoms with Crippen LogP contribution in [0.4, 0.5) is 13.6 Å². The third-order valence-corrected chi connectivity index (χ3v) is 3.40. The molecule has 1 saturated heterocycles. The van der Waals surface area contributed by atoms with Crippen LogP contribution in [-0.4, -0.2) is 47.3 Å². The maximum absolute atomic E-state index is 13.1. The van der Waals surface area contributed by atoms with Gasteiger partial charge in [0.05, 0.1) is 0 Å². The third-order valence-electron chi connectivity index (χ3n) is 3.40. The number of nitrogens with zero attached hydrogens (tertiary/aromatic N) is 1. The van der Waals surface area contributed by atoms with E-state index in [4.69, 9.17) is 4.74 Å². The average Bonchev–Trinajstić information content (AvgIpc) is 2.25. The molecule has 1 amide bonds. The van der Waals surface area contributed by atoms with Crippen LogP contribution in [0.1, 0.15) is 40.5 Å². The van der Waals surface area contributed by atoms with Gasteiger partial charge in [0.2, 0.25) is 5.92 Å². The van der Waals surface area contributed by atoms with Crippen LogP contribution < -0.4 is 0 Å². The zero-order valence-electron chi connectivity index (χ0n) is 12.7. The van der Waals surface area contributed by atoms with Crippen LogP contribution in [0.25, 0.3) is 0 Å². The lowest BCUT2D eigenvalue weighted by Gasteiger charge is -2.39. The van der Waals surface area contributed by atoms with E-state index >= 15 is 0 Å². The molecule has 1 rings (SSSR count). The van der Waals surface area contributed by atoms with Crippen molar-refractivity contribution in [1.29, 1.82) is 0 Å². The first-order chi connectivity index (χ1) is 9.02. The van der Waals surface area contributed by atoms with Crippen LogP contribution in [0, 0.1) is 11.8 Å². The minimum atomic E-state index is -2.74. The van der Waals surface area contributed by atoms with Gasteiger partial charge in [-0.3, -0.25) is 0 Å². The van der Waals surface area contributed by atoms with Gasteiger partial charge >= 0.3 is 6.09 Å². The second kappa shape index (κ2) is 6.24. The summed E-state index contributed by atoms with van der Waals surface area (Å²) in [6, 6.07) is 0. The number of amides is 1. The number of hydrogen-bond acceptors (Lipinski definition) is 3. The van der Waals surface area contributed by atoms with Gasteiger partial charge in [0.25, 0.3) is 0 Å². The van der Waals surface area contributed by atoms with Gasteiger partial charge in [0.1, 0.15) is 5.60 Å². The normalized spacial score (nSPS) is 24.6. The summed E-state index contributed by atoms with van der Waals surface area (Å²) >= 11 is 0. The summed E-state index contributed by atoms with van der Waals surface area (Å²) in [6.07, 6.45) is -0.230. The number of piperidine rings is 1. The molecule has 1 N–H and O–H groups in total. The quantitative estimate of drug-likeness (QED) is 0.870. The summed E-state index contributed by atoms with van der Waals surface area (Å²) in [5.74, 6) is -3.33. The fourth-order valence-corrected chi connectivity index (χ4v) is 2.51. The number of halogens is 2. The lowest BCUT2D eigenvalue weighted by Crippen LogP contribution is -2.47. The van der Waals surface area contributed by atoms with Crippen molar-refractivity contribution < 1.29 is 23.4 Å². The number of hydrogen-bond donors (Lipinski definition) is 1. The van der Waals surface area contributed by atoms with E-state index in [0.717, 1.165) is 6.92 Å². The SMILES string of the molecule is CC(F)(F)CC1CCN(C(=O)OC(C)(C)C)CC1CO. The number of alkyl halides is 2. The van der Waals surface area contributed by atoms with Crippen LogP contribution in [0.15, 0.2) is 0 Å². The summed E-state index contributed by atoms with van der Waals surface area (Å²) < 4.78 is 31.5. The molecular formula is C14H25F2NO3. The summed E-state index contributed by atoms with van der Waals surface area (Å²) in [7, 11) is 0. The smallest absolute Gasteiger partial charge is 0.410 e. The fraction of sp³-hybridized carbons (Fsp3) is 0.929. The van der Waals surface area contributed by atoms with E-state index in [-0.39, 0.29) is 31.4 Å². The van der Waals surface area contributed by atoms with Gasteiger partial charge in [-0.25, -0.2) is 13.6 Å². The van der Waals surface area contributed by atoms with Crippen LogP contribution in [0.2, 0.25) is 0 Å². The van der Waals surface area contributed by atoms with E-state index in [1.54, 1.807) is 20.8 Å².